The number of carbonyl (C=O) groups excluding carboxylic acids is 2. The summed E-state index contributed by atoms with van der Waals surface area (Å²) in [6, 6.07) is 23.8. The van der Waals surface area contributed by atoms with E-state index in [0.717, 1.165) is 93.9 Å². The van der Waals surface area contributed by atoms with Gasteiger partial charge in [0.1, 0.15) is 5.75 Å². The molecule has 57 heavy (non-hydrogen) atoms. The van der Waals surface area contributed by atoms with Crippen molar-refractivity contribution in [2.24, 2.45) is 0 Å². The molecular weight excluding hydrogens is 709 g/mol. The average Bonchev–Trinajstić information content (AvgIpc) is 3.25. The number of unbranched alkanes of at least 4 members (excludes halogenated alkanes) is 6. The highest BCUT2D eigenvalue weighted by Gasteiger charge is 2.49. The summed E-state index contributed by atoms with van der Waals surface area (Å²) in [5, 5.41) is 9.92. The monoisotopic (exact) mass is 779 g/mol. The third-order valence-corrected chi connectivity index (χ3v) is 10.9. The van der Waals surface area contributed by atoms with Gasteiger partial charge in [0, 0.05) is 23.8 Å². The van der Waals surface area contributed by atoms with Crippen LogP contribution in [0.15, 0.2) is 78.9 Å². The van der Waals surface area contributed by atoms with Crippen molar-refractivity contribution in [1.82, 2.24) is 0 Å². The van der Waals surface area contributed by atoms with E-state index in [1.165, 1.54) is 43.1 Å². The Morgan fingerprint density at radius 1 is 0.596 bits per heavy atom. The zero-order valence-corrected chi connectivity index (χ0v) is 36.3. The van der Waals surface area contributed by atoms with Crippen LogP contribution in [-0.2, 0) is 42.4 Å². The Morgan fingerprint density at radius 2 is 1.18 bits per heavy atom. The lowest BCUT2D eigenvalue weighted by atomic mass is 9.76. The number of ether oxygens (including phenoxy) is 3. The number of aryl methyl sites for hydroxylation is 1. The molecule has 6 nitrogen and oxygen atoms in total. The number of carbonyl (C=O) groups is 2. The van der Waals surface area contributed by atoms with Crippen LogP contribution in [0.2, 0.25) is 0 Å². The van der Waals surface area contributed by atoms with Gasteiger partial charge in [0.15, 0.2) is 11.5 Å². The van der Waals surface area contributed by atoms with Crippen LogP contribution < -0.4 is 9.47 Å². The van der Waals surface area contributed by atoms with Gasteiger partial charge in [0.05, 0.1) is 13.7 Å². The van der Waals surface area contributed by atoms with E-state index in [9.17, 15) is 14.7 Å². The minimum Gasteiger partial charge on any atom is -0.504 e. The van der Waals surface area contributed by atoms with E-state index in [1.54, 1.807) is 37.4 Å². The third kappa shape index (κ3) is 12.0. The van der Waals surface area contributed by atoms with Crippen molar-refractivity contribution >= 4 is 11.6 Å². The van der Waals surface area contributed by atoms with Gasteiger partial charge < -0.3 is 19.3 Å². The predicted molar refractivity (Wildman–Crippen MR) is 236 cm³/mol. The van der Waals surface area contributed by atoms with E-state index < -0.39 is 5.60 Å². The lowest BCUT2D eigenvalue weighted by Gasteiger charge is -2.32. The summed E-state index contributed by atoms with van der Waals surface area (Å²) in [7, 11) is 3.13. The Bertz CT molecular complexity index is 1800. The number of rotatable bonds is 24. The highest BCUT2D eigenvalue weighted by molar-refractivity contribution is 6.23. The minimum atomic E-state index is -1.82. The first-order valence-corrected chi connectivity index (χ1v) is 21.7. The van der Waals surface area contributed by atoms with Crippen LogP contribution in [0.25, 0.3) is 0 Å². The van der Waals surface area contributed by atoms with Crippen LogP contribution in [-0.4, -0.2) is 37.5 Å². The fraction of sp³-hybridized carbons (Fsp3) is 0.490. The quantitative estimate of drug-likeness (QED) is 0.0433. The number of benzene rings is 4. The van der Waals surface area contributed by atoms with Gasteiger partial charge in [0.2, 0.25) is 17.2 Å². The van der Waals surface area contributed by atoms with Crippen LogP contribution in [0, 0.1) is 0 Å². The molecule has 1 atom stereocenters. The molecule has 0 aromatic heterocycles. The fourth-order valence-electron chi connectivity index (χ4n) is 7.67. The van der Waals surface area contributed by atoms with Crippen molar-refractivity contribution in [3.05, 3.63) is 123 Å². The summed E-state index contributed by atoms with van der Waals surface area (Å²) >= 11 is 0. The minimum absolute atomic E-state index is 0.277. The molecule has 0 spiro atoms. The average molecular weight is 779 g/mol. The predicted octanol–water partition coefficient (Wildman–Crippen LogP) is 12.8. The summed E-state index contributed by atoms with van der Waals surface area (Å²) in [6.45, 7) is 13.7. The van der Waals surface area contributed by atoms with Gasteiger partial charge in [-0.15, -0.1) is 0 Å². The zero-order valence-electron chi connectivity index (χ0n) is 36.3. The second kappa shape index (κ2) is 25.0. The maximum Gasteiger partial charge on any atom is 0.218 e. The maximum atomic E-state index is 14.9. The molecule has 310 valence electrons. The first-order chi connectivity index (χ1) is 27.7. The Balaban J connectivity index is 0.000000404. The summed E-state index contributed by atoms with van der Waals surface area (Å²) in [5.41, 5.74) is 5.57. The summed E-state index contributed by atoms with van der Waals surface area (Å²) in [5.74, 6) is 0.998. The van der Waals surface area contributed by atoms with Crippen molar-refractivity contribution < 1.29 is 28.9 Å². The number of Topliss-reactive ketones (excluding diaryl/α,β-unsaturated/α-hetero) is 2. The number of methoxy groups -OCH3 is 2. The number of hydrogen-bond donors (Lipinski definition) is 1. The maximum absolute atomic E-state index is 14.9. The molecule has 4 aromatic rings. The largest absolute Gasteiger partial charge is 0.504 e. The van der Waals surface area contributed by atoms with Crippen molar-refractivity contribution in [1.29, 1.82) is 0 Å². The molecule has 6 heteroatoms. The summed E-state index contributed by atoms with van der Waals surface area (Å²) in [4.78, 5) is 29.2. The van der Waals surface area contributed by atoms with Gasteiger partial charge in [0.25, 0.3) is 0 Å². The van der Waals surface area contributed by atoms with Crippen LogP contribution in [0.1, 0.15) is 160 Å². The summed E-state index contributed by atoms with van der Waals surface area (Å²) in [6.07, 6.45) is 15.4. The molecule has 4 aromatic carbocycles. The molecule has 0 aliphatic rings. The first kappa shape index (κ1) is 47.0. The van der Waals surface area contributed by atoms with Crippen LogP contribution in [0.3, 0.4) is 0 Å². The van der Waals surface area contributed by atoms with Gasteiger partial charge in [-0.2, -0.15) is 0 Å². The molecule has 0 aliphatic heterocycles. The molecule has 4 rings (SSSR count). The van der Waals surface area contributed by atoms with E-state index in [4.69, 9.17) is 14.2 Å². The number of phenols is 1. The highest BCUT2D eigenvalue weighted by Crippen LogP contribution is 2.40. The Kier molecular flexibility index (Phi) is 20.6. The summed E-state index contributed by atoms with van der Waals surface area (Å²) < 4.78 is 17.8. The lowest BCUT2D eigenvalue weighted by molar-refractivity contribution is 0.00629. The molecule has 0 heterocycles. The molecule has 0 amide bonds. The number of phenolic OH excluding ortho intramolecular Hbond substituents is 1. The molecule has 0 saturated heterocycles. The molecule has 1 N–H and O–H groups in total. The van der Waals surface area contributed by atoms with Crippen molar-refractivity contribution in [3.8, 4) is 17.2 Å². The van der Waals surface area contributed by atoms with E-state index >= 15 is 0 Å². The Labute approximate surface area is 344 Å². The van der Waals surface area contributed by atoms with Crippen LogP contribution in [0.4, 0.5) is 0 Å². The molecular formula is C51H70O6. The van der Waals surface area contributed by atoms with Crippen molar-refractivity contribution in [2.75, 3.05) is 20.8 Å². The smallest absolute Gasteiger partial charge is 0.218 e. The van der Waals surface area contributed by atoms with E-state index in [1.807, 2.05) is 48.5 Å². The van der Waals surface area contributed by atoms with Crippen molar-refractivity contribution in [2.45, 2.75) is 143 Å². The molecule has 0 saturated carbocycles. The SMILES string of the molecule is CCCCCCOc1c(O)ccc(CC)c1CC.CCCCc1c(OC)cc(C(=O)C(OC)(C(=O)c2ccccc2)c2ccccc2)c(CCCC)c1CCCC. The highest BCUT2D eigenvalue weighted by atomic mass is 16.5. The number of hydrogen-bond acceptors (Lipinski definition) is 6. The molecule has 0 aliphatic carbocycles. The Hall–Kier alpha value is -4.42. The van der Waals surface area contributed by atoms with Gasteiger partial charge >= 0.3 is 0 Å². The number of ketones is 2. The van der Waals surface area contributed by atoms with Gasteiger partial charge in [-0.25, -0.2) is 0 Å². The zero-order chi connectivity index (χ0) is 41.6. The topological polar surface area (TPSA) is 82.1 Å². The lowest BCUT2D eigenvalue weighted by Crippen LogP contribution is -2.46. The second-order valence-corrected chi connectivity index (χ2v) is 14.8. The molecule has 0 fully saturated rings. The molecule has 0 bridgehead atoms. The normalized spacial score (nSPS) is 12.0. The van der Waals surface area contributed by atoms with Crippen molar-refractivity contribution in [3.63, 3.8) is 0 Å². The first-order valence-electron chi connectivity index (χ1n) is 21.7. The van der Waals surface area contributed by atoms with E-state index in [0.29, 0.717) is 29.0 Å². The van der Waals surface area contributed by atoms with Gasteiger partial charge in [-0.1, -0.05) is 147 Å². The molecule has 0 radical (unpaired) electrons. The van der Waals surface area contributed by atoms with Gasteiger partial charge in [-0.05, 0) is 97.7 Å². The van der Waals surface area contributed by atoms with E-state index in [-0.39, 0.29) is 17.3 Å². The molecule has 1 unspecified atom stereocenters. The van der Waals surface area contributed by atoms with Gasteiger partial charge in [-0.3, -0.25) is 9.59 Å². The fourth-order valence-corrected chi connectivity index (χ4v) is 7.67. The second-order valence-electron chi connectivity index (χ2n) is 14.8. The van der Waals surface area contributed by atoms with E-state index in [2.05, 4.69) is 41.5 Å². The standard InChI is InChI=1S/C35H44O4.C16H26O2/c1-6-9-22-28-29(23-10-7-2)31(25-32(38-4)30(28)24-11-8-3)34(37)35(39-5,27-20-16-13-17-21-27)33(36)26-18-14-12-15-19-26;1-4-7-8-9-12-18-16-14(6-3)13(5-2)10-11-15(16)17/h12-21,25H,6-11,22-24H2,1-5H3;10-11,17H,4-9,12H2,1-3H3. The van der Waals surface area contributed by atoms with Crippen LogP contribution in [0.5, 0.6) is 17.2 Å². The third-order valence-electron chi connectivity index (χ3n) is 10.9. The Morgan fingerprint density at radius 3 is 1.72 bits per heavy atom. The van der Waals surface area contributed by atoms with Crippen LogP contribution >= 0.6 is 0 Å². The number of aromatic hydroxyl groups is 1.